The van der Waals surface area contributed by atoms with Crippen LogP contribution < -0.4 is 5.32 Å². The van der Waals surface area contributed by atoms with Gasteiger partial charge in [-0.15, -0.1) is 0 Å². The molecule has 0 bridgehead atoms. The number of carbonyl (C=O) groups is 1. The Hall–Kier alpha value is -1.36. The van der Waals surface area contributed by atoms with Crippen molar-refractivity contribution in [3.05, 3.63) is 17.5 Å². The molecule has 76 valence electrons. The first-order valence-corrected chi connectivity index (χ1v) is 4.67. The fourth-order valence-electron chi connectivity index (χ4n) is 1.22. The number of aliphatic hydroxyl groups excluding tert-OH is 1. The lowest BCUT2D eigenvalue weighted by molar-refractivity contribution is 0.0935. The van der Waals surface area contributed by atoms with Crippen LogP contribution in [0.15, 0.2) is 10.6 Å². The largest absolute Gasteiger partial charge is 0.395 e. The molecule has 0 aromatic carbocycles. The van der Waals surface area contributed by atoms with Crippen LogP contribution in [0.3, 0.4) is 0 Å². The third-order valence-corrected chi connectivity index (χ3v) is 2.14. The van der Waals surface area contributed by atoms with Crippen molar-refractivity contribution >= 4 is 5.91 Å². The van der Waals surface area contributed by atoms with Crippen molar-refractivity contribution in [2.45, 2.75) is 18.8 Å². The van der Waals surface area contributed by atoms with E-state index in [1.165, 1.54) is 0 Å². The molecule has 0 aliphatic heterocycles. The van der Waals surface area contributed by atoms with Crippen molar-refractivity contribution in [2.75, 3.05) is 13.2 Å². The van der Waals surface area contributed by atoms with Gasteiger partial charge in [0.2, 0.25) is 0 Å². The topological polar surface area (TPSA) is 75.4 Å². The quantitative estimate of drug-likeness (QED) is 0.725. The van der Waals surface area contributed by atoms with E-state index in [1.54, 1.807) is 6.07 Å². The highest BCUT2D eigenvalue weighted by atomic mass is 16.5. The summed E-state index contributed by atoms with van der Waals surface area (Å²) in [6.07, 6.45) is 2.24. The number of aliphatic hydroxyl groups is 1. The van der Waals surface area contributed by atoms with Crippen molar-refractivity contribution in [1.82, 2.24) is 10.5 Å². The van der Waals surface area contributed by atoms with Crippen LogP contribution in [0.2, 0.25) is 0 Å². The molecular weight excluding hydrogens is 184 g/mol. The Bertz CT molecular complexity index is 331. The van der Waals surface area contributed by atoms with Gasteiger partial charge in [0, 0.05) is 18.5 Å². The third kappa shape index (κ3) is 1.93. The van der Waals surface area contributed by atoms with Gasteiger partial charge in [0.15, 0.2) is 5.69 Å². The molecule has 0 radical (unpaired) electrons. The monoisotopic (exact) mass is 196 g/mol. The second kappa shape index (κ2) is 3.79. The van der Waals surface area contributed by atoms with Gasteiger partial charge >= 0.3 is 0 Å². The highest BCUT2D eigenvalue weighted by Crippen LogP contribution is 2.40. The minimum atomic E-state index is -0.297. The van der Waals surface area contributed by atoms with Crippen LogP contribution in [-0.2, 0) is 0 Å². The van der Waals surface area contributed by atoms with Crippen LogP contribution >= 0.6 is 0 Å². The highest BCUT2D eigenvalue weighted by Gasteiger charge is 2.28. The molecule has 1 amide bonds. The lowest BCUT2D eigenvalue weighted by Gasteiger charge is -1.96. The summed E-state index contributed by atoms with van der Waals surface area (Å²) >= 11 is 0. The summed E-state index contributed by atoms with van der Waals surface area (Å²) in [4.78, 5) is 11.3. The van der Waals surface area contributed by atoms with Gasteiger partial charge in [-0.25, -0.2) is 0 Å². The van der Waals surface area contributed by atoms with E-state index in [1.807, 2.05) is 0 Å². The van der Waals surface area contributed by atoms with Gasteiger partial charge in [-0.05, 0) is 12.8 Å². The van der Waals surface area contributed by atoms with Gasteiger partial charge in [0.05, 0.1) is 6.61 Å². The molecule has 1 aliphatic carbocycles. The van der Waals surface area contributed by atoms with Crippen LogP contribution in [-0.4, -0.2) is 29.3 Å². The Morgan fingerprint density at radius 1 is 1.71 bits per heavy atom. The fourth-order valence-corrected chi connectivity index (χ4v) is 1.22. The molecular formula is C9H12N2O3. The van der Waals surface area contributed by atoms with Crippen LogP contribution in [0.1, 0.15) is 35.0 Å². The molecule has 0 unspecified atom stereocenters. The number of aromatic nitrogens is 1. The van der Waals surface area contributed by atoms with Gasteiger partial charge in [-0.3, -0.25) is 4.79 Å². The van der Waals surface area contributed by atoms with Crippen molar-refractivity contribution < 1.29 is 14.4 Å². The van der Waals surface area contributed by atoms with Crippen LogP contribution in [0.5, 0.6) is 0 Å². The number of nitrogens with zero attached hydrogens (tertiary/aromatic N) is 1. The molecule has 2 N–H and O–H groups in total. The predicted octanol–water partition coefficient (Wildman–Crippen LogP) is 0.274. The predicted molar refractivity (Wildman–Crippen MR) is 47.9 cm³/mol. The van der Waals surface area contributed by atoms with Crippen molar-refractivity contribution in [2.24, 2.45) is 0 Å². The summed E-state index contributed by atoms with van der Waals surface area (Å²) in [5.41, 5.74) is 0.292. The number of nitrogens with one attached hydrogen (secondary N) is 1. The standard InChI is InChI=1S/C9H12N2O3/c12-4-3-10-9(13)7-5-8(14-11-7)6-1-2-6/h5-6,12H,1-4H2,(H,10,13). The first-order valence-electron chi connectivity index (χ1n) is 4.67. The van der Waals surface area contributed by atoms with E-state index in [0.29, 0.717) is 11.6 Å². The molecule has 14 heavy (non-hydrogen) atoms. The maximum atomic E-state index is 11.3. The summed E-state index contributed by atoms with van der Waals surface area (Å²) in [6, 6.07) is 1.67. The smallest absolute Gasteiger partial charge is 0.273 e. The minimum Gasteiger partial charge on any atom is -0.395 e. The van der Waals surface area contributed by atoms with Gasteiger partial charge in [-0.2, -0.15) is 0 Å². The fraction of sp³-hybridized carbons (Fsp3) is 0.556. The molecule has 0 spiro atoms. The average molecular weight is 196 g/mol. The first kappa shape index (κ1) is 9.21. The molecule has 5 heteroatoms. The Balaban J connectivity index is 1.97. The van der Waals surface area contributed by atoms with Crippen LogP contribution in [0.25, 0.3) is 0 Å². The van der Waals surface area contributed by atoms with E-state index in [0.717, 1.165) is 18.6 Å². The summed E-state index contributed by atoms with van der Waals surface area (Å²) in [5, 5.41) is 14.7. The van der Waals surface area contributed by atoms with Crippen molar-refractivity contribution in [1.29, 1.82) is 0 Å². The zero-order valence-corrected chi connectivity index (χ0v) is 7.69. The molecule has 1 fully saturated rings. The molecule has 0 saturated heterocycles. The Labute approximate surface area is 81.1 Å². The molecule has 1 saturated carbocycles. The normalized spacial score (nSPS) is 15.5. The molecule has 0 atom stereocenters. The summed E-state index contributed by atoms with van der Waals surface area (Å²) in [5.74, 6) is 0.954. The first-order chi connectivity index (χ1) is 6.81. The zero-order valence-electron chi connectivity index (χ0n) is 7.69. The Morgan fingerprint density at radius 2 is 2.50 bits per heavy atom. The van der Waals surface area contributed by atoms with Gasteiger partial charge in [0.25, 0.3) is 5.91 Å². The van der Waals surface area contributed by atoms with E-state index < -0.39 is 0 Å². The number of amides is 1. The van der Waals surface area contributed by atoms with Gasteiger partial charge in [-0.1, -0.05) is 5.16 Å². The Morgan fingerprint density at radius 3 is 3.14 bits per heavy atom. The second-order valence-electron chi connectivity index (χ2n) is 3.37. The molecule has 1 aromatic rings. The molecule has 2 rings (SSSR count). The van der Waals surface area contributed by atoms with E-state index in [-0.39, 0.29) is 19.1 Å². The lowest BCUT2D eigenvalue weighted by atomic mass is 10.3. The zero-order chi connectivity index (χ0) is 9.97. The number of rotatable bonds is 4. The highest BCUT2D eigenvalue weighted by molar-refractivity contribution is 5.92. The lowest BCUT2D eigenvalue weighted by Crippen LogP contribution is -2.26. The van der Waals surface area contributed by atoms with Crippen molar-refractivity contribution in [3.63, 3.8) is 0 Å². The van der Waals surface area contributed by atoms with Crippen molar-refractivity contribution in [3.8, 4) is 0 Å². The summed E-state index contributed by atoms with van der Waals surface area (Å²) in [7, 11) is 0. The van der Waals surface area contributed by atoms with Gasteiger partial charge < -0.3 is 14.9 Å². The molecule has 1 aromatic heterocycles. The van der Waals surface area contributed by atoms with E-state index in [9.17, 15) is 4.79 Å². The van der Waals surface area contributed by atoms with E-state index >= 15 is 0 Å². The number of carbonyl (C=O) groups excluding carboxylic acids is 1. The van der Waals surface area contributed by atoms with E-state index in [4.69, 9.17) is 9.63 Å². The maximum Gasteiger partial charge on any atom is 0.273 e. The van der Waals surface area contributed by atoms with Gasteiger partial charge in [0.1, 0.15) is 5.76 Å². The average Bonchev–Trinajstić information content (AvgIpc) is 2.93. The SMILES string of the molecule is O=C(NCCO)c1cc(C2CC2)on1. The maximum absolute atomic E-state index is 11.3. The summed E-state index contributed by atoms with van der Waals surface area (Å²) in [6.45, 7) is 0.170. The Kier molecular flexibility index (Phi) is 2.49. The van der Waals surface area contributed by atoms with Crippen LogP contribution in [0.4, 0.5) is 0 Å². The van der Waals surface area contributed by atoms with E-state index in [2.05, 4.69) is 10.5 Å². The third-order valence-electron chi connectivity index (χ3n) is 2.14. The minimum absolute atomic E-state index is 0.0704. The number of hydrogen-bond acceptors (Lipinski definition) is 4. The number of hydrogen-bond donors (Lipinski definition) is 2. The second-order valence-corrected chi connectivity index (χ2v) is 3.37. The molecule has 5 nitrogen and oxygen atoms in total. The molecule has 1 aliphatic rings. The van der Waals surface area contributed by atoms with Crippen LogP contribution in [0, 0.1) is 0 Å². The molecule has 1 heterocycles. The summed E-state index contributed by atoms with van der Waals surface area (Å²) < 4.78 is 5.02.